The number of aliphatic hydroxyl groups is 1. The first-order valence-electron chi connectivity index (χ1n) is 14.4. The van der Waals surface area contributed by atoms with Crippen LogP contribution in [-0.2, 0) is 28.9 Å². The molecule has 0 atom stereocenters. The van der Waals surface area contributed by atoms with E-state index in [1.54, 1.807) is 49.4 Å². The van der Waals surface area contributed by atoms with Crippen molar-refractivity contribution in [1.29, 1.82) is 0 Å². The van der Waals surface area contributed by atoms with E-state index in [1.807, 2.05) is 0 Å². The predicted molar refractivity (Wildman–Crippen MR) is 156 cm³/mol. The van der Waals surface area contributed by atoms with Crippen LogP contribution in [0.5, 0.6) is 0 Å². The van der Waals surface area contributed by atoms with Gasteiger partial charge in [0.2, 0.25) is 0 Å². The smallest absolute Gasteiger partial charge is 0.396 e. The van der Waals surface area contributed by atoms with Crippen LogP contribution in [0.2, 0.25) is 0 Å². The fourth-order valence-corrected chi connectivity index (χ4v) is 6.26. The molecule has 0 spiro atoms. The lowest BCUT2D eigenvalue weighted by molar-refractivity contribution is -0.137. The van der Waals surface area contributed by atoms with E-state index in [0.29, 0.717) is 54.6 Å². The van der Waals surface area contributed by atoms with Gasteiger partial charge in [-0.15, -0.1) is 0 Å². The summed E-state index contributed by atoms with van der Waals surface area (Å²) in [5, 5.41) is 12.2. The summed E-state index contributed by atoms with van der Waals surface area (Å²) in [4.78, 5) is 47.1. The average Bonchev–Trinajstić information content (AvgIpc) is 3.56. The van der Waals surface area contributed by atoms with Crippen molar-refractivity contribution in [2.75, 3.05) is 33.3 Å². The van der Waals surface area contributed by atoms with E-state index >= 15 is 0 Å². The Morgan fingerprint density at radius 1 is 1.11 bits per heavy atom. The number of amides is 3. The van der Waals surface area contributed by atoms with Crippen molar-refractivity contribution in [1.82, 2.24) is 29.1 Å². The molecule has 0 radical (unpaired) electrons. The summed E-state index contributed by atoms with van der Waals surface area (Å²) >= 11 is 0. The Labute approximate surface area is 250 Å². The van der Waals surface area contributed by atoms with Crippen LogP contribution in [0.4, 0.5) is 18.0 Å². The second-order valence-electron chi connectivity index (χ2n) is 11.1. The Morgan fingerprint density at radius 3 is 2.57 bits per heavy atom. The first kappa shape index (κ1) is 29.4. The molecule has 6 rings (SSSR count). The zero-order chi connectivity index (χ0) is 31.2. The zero-order valence-electron chi connectivity index (χ0n) is 24.0. The zero-order valence-corrected chi connectivity index (χ0v) is 24.0. The largest absolute Gasteiger partial charge is 0.416 e. The maximum Gasteiger partial charge on any atom is 0.416 e. The van der Waals surface area contributed by atoms with Gasteiger partial charge in [0.25, 0.3) is 5.91 Å². The van der Waals surface area contributed by atoms with Crippen LogP contribution in [0.15, 0.2) is 48.9 Å². The number of likely N-dealkylation sites (N-methyl/N-ethyl adjacent to an activating group) is 1. The number of benzene rings is 1. The fraction of sp³-hybridized carbons (Fsp3) is 0.355. The van der Waals surface area contributed by atoms with Crippen molar-refractivity contribution >= 4 is 45.9 Å². The molecular weight excluding hydrogens is 577 g/mol. The molecule has 10 nitrogen and oxygen atoms in total. The van der Waals surface area contributed by atoms with Gasteiger partial charge in [-0.3, -0.25) is 14.0 Å². The molecule has 3 aromatic heterocycles. The molecule has 3 amide bonds. The number of pyridine rings is 1. The number of hydrogen-bond donors (Lipinski definition) is 2. The molecule has 1 aromatic carbocycles. The van der Waals surface area contributed by atoms with Crippen LogP contribution in [-0.4, -0.2) is 80.4 Å². The van der Waals surface area contributed by atoms with E-state index in [9.17, 15) is 32.7 Å². The number of nitrogens with zero attached hydrogens (tertiary/aromatic N) is 5. The molecule has 1 fully saturated rings. The summed E-state index contributed by atoms with van der Waals surface area (Å²) in [6.07, 6.45) is 1.83. The Hall–Kier alpha value is -4.65. The summed E-state index contributed by atoms with van der Waals surface area (Å²) in [5.41, 5.74) is 0.747. The Balaban J connectivity index is 1.50. The normalized spacial score (nSPS) is 16.7. The third kappa shape index (κ3) is 5.10. The van der Waals surface area contributed by atoms with Gasteiger partial charge >= 0.3 is 12.2 Å². The summed E-state index contributed by atoms with van der Waals surface area (Å²) in [5.74, 6) is -0.467. The van der Waals surface area contributed by atoms with E-state index in [-0.39, 0.29) is 60.3 Å². The highest BCUT2D eigenvalue weighted by molar-refractivity contribution is 6.36. The second kappa shape index (κ2) is 11.5. The number of halogens is 3. The molecule has 0 aliphatic carbocycles. The number of fused-ring (bicyclic) bond motifs is 1. The van der Waals surface area contributed by atoms with Crippen molar-refractivity contribution in [3.05, 3.63) is 71.3 Å². The molecule has 2 aliphatic rings. The number of piperidine rings is 1. The van der Waals surface area contributed by atoms with Gasteiger partial charge in [-0.2, -0.15) is 13.2 Å². The number of likely N-dealkylation sites (tertiary alicyclic amines) is 1. The highest BCUT2D eigenvalue weighted by Crippen LogP contribution is 2.40. The summed E-state index contributed by atoms with van der Waals surface area (Å²) in [6, 6.07) is 7.03. The second-order valence-corrected chi connectivity index (χ2v) is 11.1. The number of imidazole rings is 1. The lowest BCUT2D eigenvalue weighted by Crippen LogP contribution is -2.47. The number of aldehydes is 1. The van der Waals surface area contributed by atoms with Crippen molar-refractivity contribution < 1.29 is 32.7 Å². The molecule has 0 saturated carbocycles. The molecule has 4 aromatic rings. The van der Waals surface area contributed by atoms with E-state index in [0.717, 1.165) is 12.1 Å². The molecular formula is C31H31F3N6O4. The van der Waals surface area contributed by atoms with Gasteiger partial charge in [-0.1, -0.05) is 6.07 Å². The molecule has 44 heavy (non-hydrogen) atoms. The SMILES string of the molecule is CNC(=O)/C(=C(\C=O)c1cn2c3c(cc(C(F)(F)F)cc13)CN(C(=O)N1CCC(CO)CC1)CC2)c1cnc2ccccn12. The van der Waals surface area contributed by atoms with E-state index < -0.39 is 17.6 Å². The predicted octanol–water partition coefficient (Wildman–Crippen LogP) is 3.80. The first-order valence-corrected chi connectivity index (χ1v) is 14.4. The van der Waals surface area contributed by atoms with Crippen LogP contribution in [0.25, 0.3) is 27.7 Å². The number of carbonyl (C=O) groups excluding carboxylic acids is 3. The number of rotatable bonds is 5. The molecule has 0 bridgehead atoms. The van der Waals surface area contributed by atoms with Gasteiger partial charge in [-0.25, -0.2) is 9.78 Å². The minimum absolute atomic E-state index is 0.0284. The van der Waals surface area contributed by atoms with Gasteiger partial charge in [-0.05, 0) is 48.6 Å². The van der Waals surface area contributed by atoms with Gasteiger partial charge in [0, 0.05) is 75.3 Å². The van der Waals surface area contributed by atoms with E-state index in [1.165, 1.54) is 13.2 Å². The summed E-state index contributed by atoms with van der Waals surface area (Å²) < 4.78 is 46.2. The van der Waals surface area contributed by atoms with E-state index in [4.69, 9.17) is 0 Å². The Kier molecular flexibility index (Phi) is 7.66. The van der Waals surface area contributed by atoms with Gasteiger partial charge in [0.15, 0.2) is 6.29 Å². The van der Waals surface area contributed by atoms with Gasteiger partial charge in [0.1, 0.15) is 5.65 Å². The third-order valence-electron chi connectivity index (χ3n) is 8.57. The first-order chi connectivity index (χ1) is 21.1. The number of allylic oxidation sites excluding steroid dienone is 1. The monoisotopic (exact) mass is 608 g/mol. The quantitative estimate of drug-likeness (QED) is 0.265. The number of urea groups is 1. The summed E-state index contributed by atoms with van der Waals surface area (Å²) in [6.45, 7) is 1.43. The number of hydrogen-bond acceptors (Lipinski definition) is 5. The van der Waals surface area contributed by atoms with Crippen LogP contribution in [0.1, 0.15) is 35.2 Å². The molecule has 230 valence electrons. The lowest BCUT2D eigenvalue weighted by Gasteiger charge is -2.35. The maximum atomic E-state index is 14.3. The molecule has 2 aliphatic heterocycles. The van der Waals surface area contributed by atoms with Crippen LogP contribution >= 0.6 is 0 Å². The minimum atomic E-state index is -4.70. The Bertz CT molecular complexity index is 1800. The van der Waals surface area contributed by atoms with Crippen molar-refractivity contribution in [2.24, 2.45) is 5.92 Å². The molecule has 1 saturated heterocycles. The number of aliphatic hydroxyl groups excluding tert-OH is 1. The lowest BCUT2D eigenvalue weighted by atomic mass is 9.95. The Morgan fingerprint density at radius 2 is 1.89 bits per heavy atom. The number of alkyl halides is 3. The maximum absolute atomic E-state index is 14.3. The summed E-state index contributed by atoms with van der Waals surface area (Å²) in [7, 11) is 1.41. The number of nitrogens with one attached hydrogen (secondary N) is 1. The van der Waals surface area contributed by atoms with Crippen molar-refractivity contribution in [2.45, 2.75) is 32.1 Å². The van der Waals surface area contributed by atoms with Crippen LogP contribution in [0.3, 0.4) is 0 Å². The van der Waals surface area contributed by atoms with Gasteiger partial charge < -0.3 is 24.8 Å². The average molecular weight is 609 g/mol. The highest BCUT2D eigenvalue weighted by atomic mass is 19.4. The third-order valence-corrected chi connectivity index (χ3v) is 8.57. The highest BCUT2D eigenvalue weighted by Gasteiger charge is 2.35. The van der Waals surface area contributed by atoms with Gasteiger partial charge in [0.05, 0.1) is 28.5 Å². The number of carbonyl (C=O) groups is 3. The fourth-order valence-electron chi connectivity index (χ4n) is 6.26. The van der Waals surface area contributed by atoms with E-state index in [2.05, 4.69) is 10.3 Å². The van der Waals surface area contributed by atoms with Crippen LogP contribution < -0.4 is 5.32 Å². The topological polar surface area (TPSA) is 112 Å². The van der Waals surface area contributed by atoms with Crippen LogP contribution in [0, 0.1) is 5.92 Å². The molecule has 13 heteroatoms. The molecule has 2 N–H and O–H groups in total. The minimum Gasteiger partial charge on any atom is -0.396 e. The molecule has 0 unspecified atom stereocenters. The van der Waals surface area contributed by atoms with Crippen molar-refractivity contribution in [3.63, 3.8) is 0 Å². The standard InChI is InChI=1S/C31H31F3N6O4/c1-35-29(43)27(25-14-36-26-4-2-3-7-40(25)26)24(18-42)23-16-38-10-11-39(30(44)37-8-5-19(17-41)6-9-37)15-20-12-21(31(32,33)34)13-22(23)28(20)38/h2-4,7,12-14,16,18-19,41H,5-6,8-11,15,17H2,1H3,(H,35,43)/b27-24+. The van der Waals surface area contributed by atoms with Crippen molar-refractivity contribution in [3.8, 4) is 0 Å². The molecule has 5 heterocycles. The number of aromatic nitrogens is 3.